The molecule has 0 bridgehead atoms. The number of nitrogens with zero attached hydrogens (tertiary/aromatic N) is 1. The van der Waals surface area contributed by atoms with Gasteiger partial charge in [0.15, 0.2) is 0 Å². The van der Waals surface area contributed by atoms with Crippen LogP contribution in [-0.4, -0.2) is 45.4 Å². The summed E-state index contributed by atoms with van der Waals surface area (Å²) < 4.78 is 17.7. The molecule has 0 rings (SSSR count). The zero-order valence-corrected chi connectivity index (χ0v) is 32.7. The molecule has 0 heterocycles. The maximum absolute atomic E-state index is 6.37. The van der Waals surface area contributed by atoms with E-state index in [4.69, 9.17) is 18.6 Å². The fraction of sp³-hybridized carbons (Fsp3) is 0.805. The van der Waals surface area contributed by atoms with Gasteiger partial charge in [0.2, 0.25) is 0 Å². The molecular weight excluding hydrogens is 601 g/mol. The van der Waals surface area contributed by atoms with E-state index in [1.807, 2.05) is 14.1 Å². The summed E-state index contributed by atoms with van der Waals surface area (Å²) >= 11 is 0. The maximum Gasteiger partial charge on any atom is 0.363 e. The van der Waals surface area contributed by atoms with Crippen molar-refractivity contribution in [2.45, 2.75) is 180 Å². The van der Waals surface area contributed by atoms with Gasteiger partial charge in [0.05, 0.1) is 19.8 Å². The minimum Gasteiger partial charge on any atom is -0.309 e. The van der Waals surface area contributed by atoms with Gasteiger partial charge in [-0.05, 0) is 84.7 Å². The largest absolute Gasteiger partial charge is 0.363 e. The van der Waals surface area contributed by atoms with E-state index >= 15 is 0 Å². The topological polar surface area (TPSA) is 40.2 Å². The smallest absolute Gasteiger partial charge is 0.309 e. The van der Waals surface area contributed by atoms with E-state index in [9.17, 15) is 0 Å². The SMILES string of the molecule is CCCCC/C=C\C/C=C\CCCCCCCCC(CCCCCCCC/C=C\C=C\CCCCC)OP(OCCN(C)C)OOC. The standard InChI is InChI=1S/C41H78NO4P/c1-6-8-10-12-14-16-18-20-22-24-26-28-30-32-34-36-38-41(45-47(46-43-5)44-40-39-42(3)4)37-35-33-31-29-27-25-23-21-19-17-15-13-11-9-7-2/h14-17,19-22,41H,6-13,18,23-40H2,1-5H3/b16-14-,17-15+,21-19-,22-20-. The number of likely N-dealkylation sites (N-methyl/N-ethyl adjacent to an activating group) is 1. The molecule has 0 radical (unpaired) electrons. The molecule has 0 aliphatic carbocycles. The van der Waals surface area contributed by atoms with E-state index in [1.54, 1.807) is 0 Å². The van der Waals surface area contributed by atoms with Crippen molar-refractivity contribution in [2.24, 2.45) is 0 Å². The van der Waals surface area contributed by atoms with Crippen LogP contribution in [0.15, 0.2) is 48.6 Å². The first-order chi connectivity index (χ1) is 23.1. The lowest BCUT2D eigenvalue weighted by atomic mass is 10.0. The lowest BCUT2D eigenvalue weighted by molar-refractivity contribution is -0.192. The molecule has 6 heteroatoms. The third-order valence-corrected chi connectivity index (χ3v) is 9.47. The molecule has 5 nitrogen and oxygen atoms in total. The Morgan fingerprint density at radius 2 is 1.00 bits per heavy atom. The highest BCUT2D eigenvalue weighted by atomic mass is 31.2. The minimum atomic E-state index is -1.49. The monoisotopic (exact) mass is 680 g/mol. The van der Waals surface area contributed by atoms with Gasteiger partial charge in [0.1, 0.15) is 0 Å². The summed E-state index contributed by atoms with van der Waals surface area (Å²) in [5, 5.41) is 0. The molecule has 0 N–H and O–H groups in total. The summed E-state index contributed by atoms with van der Waals surface area (Å²) in [4.78, 5) is 7.08. The summed E-state index contributed by atoms with van der Waals surface area (Å²) in [6.07, 6.45) is 50.1. The van der Waals surface area contributed by atoms with Crippen molar-refractivity contribution in [1.29, 1.82) is 0 Å². The molecule has 0 amide bonds. The lowest BCUT2D eigenvalue weighted by Crippen LogP contribution is -2.18. The van der Waals surface area contributed by atoms with Gasteiger partial charge >= 0.3 is 8.60 Å². The lowest BCUT2D eigenvalue weighted by Gasteiger charge is -2.23. The van der Waals surface area contributed by atoms with Crippen LogP contribution < -0.4 is 0 Å². The van der Waals surface area contributed by atoms with Crippen LogP contribution >= 0.6 is 8.60 Å². The maximum atomic E-state index is 6.37. The molecule has 0 aromatic rings. The molecule has 47 heavy (non-hydrogen) atoms. The molecule has 0 aromatic heterocycles. The fourth-order valence-corrected chi connectivity index (χ4v) is 6.31. The van der Waals surface area contributed by atoms with Gasteiger partial charge in [0, 0.05) is 6.54 Å². The molecule has 276 valence electrons. The summed E-state index contributed by atoms with van der Waals surface area (Å²) in [7, 11) is 4.13. The number of hydrogen-bond acceptors (Lipinski definition) is 5. The van der Waals surface area contributed by atoms with E-state index in [0.717, 1.165) is 25.8 Å². The molecule has 2 unspecified atom stereocenters. The average molecular weight is 680 g/mol. The van der Waals surface area contributed by atoms with Crippen molar-refractivity contribution < 1.29 is 18.6 Å². The van der Waals surface area contributed by atoms with Crippen molar-refractivity contribution in [2.75, 3.05) is 34.4 Å². The third-order valence-electron chi connectivity index (χ3n) is 8.34. The molecule has 0 aliphatic rings. The normalized spacial score (nSPS) is 13.8. The first kappa shape index (κ1) is 46.2. The van der Waals surface area contributed by atoms with E-state index in [1.165, 1.54) is 148 Å². The van der Waals surface area contributed by atoms with Gasteiger partial charge in [-0.25, -0.2) is 4.89 Å². The van der Waals surface area contributed by atoms with Crippen molar-refractivity contribution in [3.8, 4) is 0 Å². The first-order valence-electron chi connectivity index (χ1n) is 19.7. The Morgan fingerprint density at radius 3 is 1.47 bits per heavy atom. The zero-order chi connectivity index (χ0) is 34.3. The Kier molecular flexibility index (Phi) is 38.9. The van der Waals surface area contributed by atoms with Crippen LogP contribution in [0.1, 0.15) is 174 Å². The predicted molar refractivity (Wildman–Crippen MR) is 208 cm³/mol. The summed E-state index contributed by atoms with van der Waals surface area (Å²) in [6.45, 7) is 5.93. The Morgan fingerprint density at radius 1 is 0.553 bits per heavy atom. The first-order valence-corrected chi connectivity index (χ1v) is 20.8. The van der Waals surface area contributed by atoms with E-state index in [-0.39, 0.29) is 6.10 Å². The van der Waals surface area contributed by atoms with Gasteiger partial charge in [0.25, 0.3) is 0 Å². The van der Waals surface area contributed by atoms with Crippen LogP contribution in [0.4, 0.5) is 0 Å². The van der Waals surface area contributed by atoms with E-state index in [0.29, 0.717) is 6.61 Å². The van der Waals surface area contributed by atoms with Crippen molar-refractivity contribution in [3.63, 3.8) is 0 Å². The van der Waals surface area contributed by atoms with Crippen LogP contribution in [0.25, 0.3) is 0 Å². The molecule has 0 saturated carbocycles. The Balaban J connectivity index is 4.23. The Bertz CT molecular complexity index is 724. The molecule has 0 aliphatic heterocycles. The molecule has 0 fully saturated rings. The van der Waals surface area contributed by atoms with Gasteiger partial charge < -0.3 is 13.9 Å². The fourth-order valence-electron chi connectivity index (χ4n) is 5.36. The van der Waals surface area contributed by atoms with Crippen molar-refractivity contribution in [3.05, 3.63) is 48.6 Å². The van der Waals surface area contributed by atoms with Crippen molar-refractivity contribution in [1.82, 2.24) is 4.90 Å². The van der Waals surface area contributed by atoms with Gasteiger partial charge in [-0.2, -0.15) is 4.67 Å². The summed E-state index contributed by atoms with van der Waals surface area (Å²) in [5.41, 5.74) is 0. The minimum absolute atomic E-state index is 0.168. The molecule has 2 atom stereocenters. The van der Waals surface area contributed by atoms with Crippen molar-refractivity contribution >= 4 is 8.60 Å². The van der Waals surface area contributed by atoms with Crippen LogP contribution in [0, 0.1) is 0 Å². The van der Waals surface area contributed by atoms with Crippen LogP contribution in [0.5, 0.6) is 0 Å². The summed E-state index contributed by atoms with van der Waals surface area (Å²) in [6, 6.07) is 0. The summed E-state index contributed by atoms with van der Waals surface area (Å²) in [5.74, 6) is 0. The number of rotatable bonds is 37. The number of allylic oxidation sites excluding steroid dienone is 8. The quantitative estimate of drug-likeness (QED) is 0.0163. The van der Waals surface area contributed by atoms with Gasteiger partial charge in [-0.3, -0.25) is 0 Å². The molecular formula is C41H78NO4P. The number of unbranched alkanes of at least 4 members (excludes halogenated alkanes) is 18. The Hall–Kier alpha value is -0.810. The van der Waals surface area contributed by atoms with Crippen LogP contribution in [0.2, 0.25) is 0 Å². The van der Waals surface area contributed by atoms with Crippen LogP contribution in [-0.2, 0) is 18.6 Å². The highest BCUT2D eigenvalue weighted by molar-refractivity contribution is 7.41. The molecule has 0 saturated heterocycles. The van der Waals surface area contributed by atoms with Gasteiger partial charge in [-0.15, -0.1) is 0 Å². The predicted octanol–water partition coefficient (Wildman–Crippen LogP) is 13.8. The highest BCUT2D eigenvalue weighted by Gasteiger charge is 2.20. The zero-order valence-electron chi connectivity index (χ0n) is 31.8. The highest BCUT2D eigenvalue weighted by Crippen LogP contribution is 2.42. The molecule has 0 spiro atoms. The second kappa shape index (κ2) is 39.6. The Labute approximate surface area is 294 Å². The van der Waals surface area contributed by atoms with Gasteiger partial charge in [-0.1, -0.05) is 152 Å². The van der Waals surface area contributed by atoms with Crippen LogP contribution in [0.3, 0.4) is 0 Å². The second-order valence-electron chi connectivity index (χ2n) is 13.3. The second-order valence-corrected chi connectivity index (χ2v) is 14.3. The molecule has 0 aromatic carbocycles. The van der Waals surface area contributed by atoms with E-state index < -0.39 is 8.60 Å². The number of hydrogen-bond donors (Lipinski definition) is 0. The average Bonchev–Trinajstić information content (AvgIpc) is 3.06. The van der Waals surface area contributed by atoms with E-state index in [2.05, 4.69) is 67.4 Å². The third kappa shape index (κ3) is 37.9.